The zero-order chi connectivity index (χ0) is 15.9. The molecule has 2 aromatic carbocycles. The van der Waals surface area contributed by atoms with Crippen LogP contribution in [0.2, 0.25) is 0 Å². The van der Waals surface area contributed by atoms with Crippen molar-refractivity contribution in [2.75, 3.05) is 5.32 Å². The molecule has 0 saturated carbocycles. The van der Waals surface area contributed by atoms with Gasteiger partial charge >= 0.3 is 0 Å². The third-order valence-corrected chi connectivity index (χ3v) is 3.00. The SMILES string of the molecule is C[C@H](Oc1ccccc1C=O)C(=O)Nc1ccc(C#N)cc1. The molecule has 0 radical (unpaired) electrons. The van der Waals surface area contributed by atoms with Crippen LogP contribution in [0, 0.1) is 11.3 Å². The quantitative estimate of drug-likeness (QED) is 0.860. The molecule has 0 unspecified atom stereocenters. The second-order valence-corrected chi connectivity index (χ2v) is 4.59. The average molecular weight is 294 g/mol. The number of hydrogen-bond donors (Lipinski definition) is 1. The Balaban J connectivity index is 2.02. The van der Waals surface area contributed by atoms with Gasteiger partial charge in [-0.05, 0) is 43.3 Å². The number of amides is 1. The Morgan fingerprint density at radius 1 is 1.23 bits per heavy atom. The van der Waals surface area contributed by atoms with Gasteiger partial charge in [0.2, 0.25) is 0 Å². The minimum Gasteiger partial charge on any atom is -0.480 e. The van der Waals surface area contributed by atoms with Gasteiger partial charge in [0.05, 0.1) is 17.2 Å². The zero-order valence-electron chi connectivity index (χ0n) is 11.9. The molecule has 2 rings (SSSR count). The lowest BCUT2D eigenvalue weighted by Gasteiger charge is -2.15. The highest BCUT2D eigenvalue weighted by molar-refractivity contribution is 5.94. The van der Waals surface area contributed by atoms with Crippen molar-refractivity contribution in [2.45, 2.75) is 13.0 Å². The minimum atomic E-state index is -0.767. The monoisotopic (exact) mass is 294 g/mol. The lowest BCUT2D eigenvalue weighted by molar-refractivity contribution is -0.122. The van der Waals surface area contributed by atoms with Crippen LogP contribution in [-0.2, 0) is 4.79 Å². The smallest absolute Gasteiger partial charge is 0.265 e. The topological polar surface area (TPSA) is 79.2 Å². The molecule has 0 heterocycles. The number of aldehydes is 1. The summed E-state index contributed by atoms with van der Waals surface area (Å²) in [6.45, 7) is 1.60. The fourth-order valence-corrected chi connectivity index (χ4v) is 1.80. The molecular formula is C17H14N2O3. The van der Waals surface area contributed by atoms with Crippen molar-refractivity contribution >= 4 is 17.9 Å². The third-order valence-electron chi connectivity index (χ3n) is 3.00. The average Bonchev–Trinajstić information content (AvgIpc) is 2.56. The predicted molar refractivity (Wildman–Crippen MR) is 81.7 cm³/mol. The van der Waals surface area contributed by atoms with E-state index in [-0.39, 0.29) is 5.91 Å². The Labute approximate surface area is 128 Å². The van der Waals surface area contributed by atoms with E-state index in [0.717, 1.165) is 0 Å². The largest absolute Gasteiger partial charge is 0.480 e. The van der Waals surface area contributed by atoms with E-state index in [1.165, 1.54) is 0 Å². The van der Waals surface area contributed by atoms with Crippen molar-refractivity contribution < 1.29 is 14.3 Å². The number of nitrogens with one attached hydrogen (secondary N) is 1. The maximum Gasteiger partial charge on any atom is 0.265 e. The second-order valence-electron chi connectivity index (χ2n) is 4.59. The normalized spacial score (nSPS) is 11.1. The van der Waals surface area contributed by atoms with Crippen LogP contribution in [0.5, 0.6) is 5.75 Å². The number of rotatable bonds is 5. The Kier molecular flexibility index (Phi) is 4.89. The summed E-state index contributed by atoms with van der Waals surface area (Å²) in [7, 11) is 0. The zero-order valence-corrected chi connectivity index (χ0v) is 11.9. The highest BCUT2D eigenvalue weighted by Crippen LogP contribution is 2.18. The van der Waals surface area contributed by atoms with Gasteiger partial charge in [0.1, 0.15) is 5.75 Å². The lowest BCUT2D eigenvalue weighted by atomic mass is 10.2. The summed E-state index contributed by atoms with van der Waals surface area (Å²) in [6.07, 6.45) is -0.0858. The number of benzene rings is 2. The minimum absolute atomic E-state index is 0.342. The molecule has 1 N–H and O–H groups in total. The van der Waals surface area contributed by atoms with Crippen LogP contribution in [-0.4, -0.2) is 18.3 Å². The highest BCUT2D eigenvalue weighted by Gasteiger charge is 2.16. The molecule has 1 atom stereocenters. The first kappa shape index (κ1) is 15.3. The van der Waals surface area contributed by atoms with E-state index >= 15 is 0 Å². The van der Waals surface area contributed by atoms with Gasteiger partial charge in [-0.2, -0.15) is 5.26 Å². The summed E-state index contributed by atoms with van der Waals surface area (Å²) >= 11 is 0. The molecule has 22 heavy (non-hydrogen) atoms. The first-order valence-electron chi connectivity index (χ1n) is 6.66. The van der Waals surface area contributed by atoms with Crippen molar-refractivity contribution in [1.82, 2.24) is 0 Å². The molecule has 5 heteroatoms. The van der Waals surface area contributed by atoms with E-state index in [4.69, 9.17) is 10.00 Å². The first-order valence-corrected chi connectivity index (χ1v) is 6.66. The van der Waals surface area contributed by atoms with Gasteiger partial charge in [-0.3, -0.25) is 9.59 Å². The summed E-state index contributed by atoms with van der Waals surface area (Å²) < 4.78 is 5.52. The maximum atomic E-state index is 12.1. The Morgan fingerprint density at radius 3 is 2.55 bits per heavy atom. The number of ether oxygens (including phenoxy) is 1. The van der Waals surface area contributed by atoms with Crippen molar-refractivity contribution in [3.63, 3.8) is 0 Å². The van der Waals surface area contributed by atoms with Crippen LogP contribution in [0.15, 0.2) is 48.5 Å². The Bertz CT molecular complexity index is 717. The molecular weight excluding hydrogens is 280 g/mol. The van der Waals surface area contributed by atoms with Crippen LogP contribution < -0.4 is 10.1 Å². The molecule has 0 aliphatic rings. The molecule has 0 bridgehead atoms. The van der Waals surface area contributed by atoms with Crippen molar-refractivity contribution in [3.8, 4) is 11.8 Å². The molecule has 0 aliphatic heterocycles. The van der Waals surface area contributed by atoms with Crippen molar-refractivity contribution in [2.24, 2.45) is 0 Å². The number of nitriles is 1. The Morgan fingerprint density at radius 2 is 1.91 bits per heavy atom. The van der Waals surface area contributed by atoms with Gasteiger partial charge in [-0.25, -0.2) is 0 Å². The summed E-state index contributed by atoms with van der Waals surface area (Å²) in [6, 6.07) is 15.2. The molecule has 1 amide bonds. The number of hydrogen-bond acceptors (Lipinski definition) is 4. The van der Waals surface area contributed by atoms with Crippen LogP contribution in [0.3, 0.4) is 0 Å². The van der Waals surface area contributed by atoms with E-state index in [2.05, 4.69) is 5.32 Å². The lowest BCUT2D eigenvalue weighted by Crippen LogP contribution is -2.30. The van der Waals surface area contributed by atoms with Gasteiger partial charge in [0.15, 0.2) is 12.4 Å². The van der Waals surface area contributed by atoms with Crippen molar-refractivity contribution in [3.05, 3.63) is 59.7 Å². The third kappa shape index (κ3) is 3.70. The number of carbonyl (C=O) groups is 2. The first-order chi connectivity index (χ1) is 10.6. The fraction of sp³-hybridized carbons (Fsp3) is 0.118. The Hall–Kier alpha value is -3.13. The molecule has 0 spiro atoms. The molecule has 2 aromatic rings. The molecule has 5 nitrogen and oxygen atoms in total. The van der Waals surface area contributed by atoms with Crippen LogP contribution >= 0.6 is 0 Å². The van der Waals surface area contributed by atoms with Crippen LogP contribution in [0.25, 0.3) is 0 Å². The molecule has 110 valence electrons. The number of para-hydroxylation sites is 1. The number of carbonyl (C=O) groups excluding carboxylic acids is 2. The molecule has 0 fully saturated rings. The molecule has 0 aromatic heterocycles. The summed E-state index contributed by atoms with van der Waals surface area (Å²) in [4.78, 5) is 23.0. The number of nitrogens with zero attached hydrogens (tertiary/aromatic N) is 1. The van der Waals surface area contributed by atoms with Crippen LogP contribution in [0.1, 0.15) is 22.8 Å². The van der Waals surface area contributed by atoms with Gasteiger partial charge < -0.3 is 10.1 Å². The van der Waals surface area contributed by atoms with E-state index in [1.54, 1.807) is 55.5 Å². The van der Waals surface area contributed by atoms with Gasteiger partial charge in [0, 0.05) is 5.69 Å². The van der Waals surface area contributed by atoms with E-state index < -0.39 is 6.10 Å². The number of anilines is 1. The van der Waals surface area contributed by atoms with Gasteiger partial charge in [0.25, 0.3) is 5.91 Å². The molecule has 0 saturated heterocycles. The maximum absolute atomic E-state index is 12.1. The van der Waals surface area contributed by atoms with E-state index in [0.29, 0.717) is 28.8 Å². The van der Waals surface area contributed by atoms with Gasteiger partial charge in [-0.1, -0.05) is 12.1 Å². The van der Waals surface area contributed by atoms with Crippen molar-refractivity contribution in [1.29, 1.82) is 5.26 Å². The summed E-state index contributed by atoms with van der Waals surface area (Å²) in [5.41, 5.74) is 1.48. The molecule has 0 aliphatic carbocycles. The predicted octanol–water partition coefficient (Wildman–Crippen LogP) is 2.78. The van der Waals surface area contributed by atoms with E-state index in [1.807, 2.05) is 6.07 Å². The standard InChI is InChI=1S/C17H14N2O3/c1-12(22-16-5-3-2-4-14(16)11-20)17(21)19-15-8-6-13(10-18)7-9-15/h2-9,11-12H,1H3,(H,19,21)/t12-/m0/s1. The summed E-state index contributed by atoms with van der Waals surface area (Å²) in [5.74, 6) is 0.0189. The van der Waals surface area contributed by atoms with Crippen LogP contribution in [0.4, 0.5) is 5.69 Å². The fourth-order valence-electron chi connectivity index (χ4n) is 1.80. The second kappa shape index (κ2) is 7.04. The van der Waals surface area contributed by atoms with Gasteiger partial charge in [-0.15, -0.1) is 0 Å². The van der Waals surface area contributed by atoms with E-state index in [9.17, 15) is 9.59 Å². The highest BCUT2D eigenvalue weighted by atomic mass is 16.5. The summed E-state index contributed by atoms with van der Waals surface area (Å²) in [5, 5.41) is 11.4.